The van der Waals surface area contributed by atoms with Gasteiger partial charge < -0.3 is 15.1 Å². The highest BCUT2D eigenvalue weighted by molar-refractivity contribution is 5.94. The Bertz CT molecular complexity index is 657. The van der Waals surface area contributed by atoms with Crippen LogP contribution in [0.2, 0.25) is 0 Å². The van der Waals surface area contributed by atoms with Crippen LogP contribution in [0.5, 0.6) is 0 Å². The largest absolute Gasteiger partial charge is 0.338 e. The lowest BCUT2D eigenvalue weighted by molar-refractivity contribution is -0.134. The van der Waals surface area contributed by atoms with E-state index in [0.29, 0.717) is 38.1 Å². The number of carbonyl (C=O) groups excluding carboxylic acids is 2. The Labute approximate surface area is 167 Å². The fraction of sp³-hybridized carbons (Fsp3) is 0.619. The molecule has 0 radical (unpaired) electrons. The van der Waals surface area contributed by atoms with Crippen molar-refractivity contribution in [3.05, 3.63) is 35.4 Å². The molecule has 6 heteroatoms. The topological polar surface area (TPSA) is 52.7 Å². The fourth-order valence-corrected chi connectivity index (χ4v) is 4.74. The molecule has 3 unspecified atom stereocenters. The number of hydrogen-bond acceptors (Lipinski definition) is 3. The molecule has 2 amide bonds. The average molecular weight is 392 g/mol. The molecular weight excluding hydrogens is 362 g/mol. The third kappa shape index (κ3) is 4.30. The summed E-state index contributed by atoms with van der Waals surface area (Å²) in [6.07, 6.45) is 6.07. The van der Waals surface area contributed by atoms with E-state index >= 15 is 0 Å². The predicted octanol–water partition coefficient (Wildman–Crippen LogP) is 2.62. The zero-order chi connectivity index (χ0) is 18.1. The quantitative estimate of drug-likeness (QED) is 0.843. The van der Waals surface area contributed by atoms with Gasteiger partial charge in [0, 0.05) is 37.8 Å². The zero-order valence-corrected chi connectivity index (χ0v) is 16.8. The number of piperazine rings is 1. The van der Waals surface area contributed by atoms with Gasteiger partial charge in [-0.15, -0.1) is 12.4 Å². The Morgan fingerprint density at radius 2 is 1.59 bits per heavy atom. The molecule has 2 saturated heterocycles. The van der Waals surface area contributed by atoms with Crippen molar-refractivity contribution in [3.8, 4) is 0 Å². The van der Waals surface area contributed by atoms with Crippen LogP contribution in [0.4, 0.5) is 0 Å². The van der Waals surface area contributed by atoms with E-state index in [2.05, 4.69) is 5.32 Å². The van der Waals surface area contributed by atoms with E-state index in [9.17, 15) is 9.59 Å². The number of benzene rings is 1. The molecule has 3 aliphatic rings. The molecule has 3 atom stereocenters. The summed E-state index contributed by atoms with van der Waals surface area (Å²) in [5, 5.41) is 3.58. The van der Waals surface area contributed by atoms with E-state index in [0.717, 1.165) is 17.5 Å². The van der Waals surface area contributed by atoms with Crippen molar-refractivity contribution in [2.24, 2.45) is 5.92 Å². The summed E-state index contributed by atoms with van der Waals surface area (Å²) >= 11 is 0. The van der Waals surface area contributed by atoms with Gasteiger partial charge in [0.15, 0.2) is 0 Å². The lowest BCUT2D eigenvalue weighted by atomic mass is 9.85. The van der Waals surface area contributed by atoms with Crippen molar-refractivity contribution in [2.75, 3.05) is 26.2 Å². The number of rotatable bonds is 2. The monoisotopic (exact) mass is 391 g/mol. The Kier molecular flexibility index (Phi) is 6.43. The molecule has 27 heavy (non-hydrogen) atoms. The molecule has 0 aromatic heterocycles. The lowest BCUT2D eigenvalue weighted by Crippen LogP contribution is -2.54. The first-order valence-electron chi connectivity index (χ1n) is 10.0. The maximum absolute atomic E-state index is 12.9. The summed E-state index contributed by atoms with van der Waals surface area (Å²) in [5.41, 5.74) is 1.89. The van der Waals surface area contributed by atoms with Gasteiger partial charge in [-0.2, -0.15) is 0 Å². The van der Waals surface area contributed by atoms with E-state index in [1.54, 1.807) is 0 Å². The molecule has 1 aromatic carbocycles. The SMILES string of the molecule is Cc1ccc(C(=O)N2CCN(C(=O)C3CC4CCCCC4N3)CC2)cc1.Cl. The first kappa shape index (κ1) is 20.2. The molecule has 148 valence electrons. The Morgan fingerprint density at radius 3 is 2.26 bits per heavy atom. The standard InChI is InChI=1S/C21H29N3O2.ClH/c1-15-6-8-16(9-7-15)20(25)23-10-12-24(13-11-23)21(26)19-14-17-4-2-3-5-18(17)22-19;/h6-9,17-19,22H,2-5,10-14H2,1H3;1H. The molecule has 1 N–H and O–H groups in total. The molecule has 1 saturated carbocycles. The third-order valence-corrected chi connectivity index (χ3v) is 6.34. The minimum atomic E-state index is -0.0116. The summed E-state index contributed by atoms with van der Waals surface area (Å²) in [5.74, 6) is 0.992. The van der Waals surface area contributed by atoms with Crippen LogP contribution in [0.25, 0.3) is 0 Å². The maximum atomic E-state index is 12.9. The van der Waals surface area contributed by atoms with Gasteiger partial charge in [-0.3, -0.25) is 9.59 Å². The number of nitrogens with zero attached hydrogens (tertiary/aromatic N) is 2. The van der Waals surface area contributed by atoms with Gasteiger partial charge in [-0.25, -0.2) is 0 Å². The number of aryl methyl sites for hydroxylation is 1. The molecular formula is C21H30ClN3O2. The smallest absolute Gasteiger partial charge is 0.253 e. The van der Waals surface area contributed by atoms with Gasteiger partial charge in [0.25, 0.3) is 5.91 Å². The van der Waals surface area contributed by atoms with Gasteiger partial charge in [0.1, 0.15) is 0 Å². The van der Waals surface area contributed by atoms with E-state index in [1.165, 1.54) is 25.7 Å². The number of nitrogens with one attached hydrogen (secondary N) is 1. The molecule has 0 bridgehead atoms. The van der Waals surface area contributed by atoms with Gasteiger partial charge in [-0.05, 0) is 44.2 Å². The van der Waals surface area contributed by atoms with Crippen molar-refractivity contribution in [1.29, 1.82) is 0 Å². The minimum Gasteiger partial charge on any atom is -0.338 e. The second-order valence-corrected chi connectivity index (χ2v) is 8.09. The summed E-state index contributed by atoms with van der Waals surface area (Å²) < 4.78 is 0. The molecule has 1 aromatic rings. The number of amides is 2. The van der Waals surface area contributed by atoms with E-state index in [1.807, 2.05) is 41.0 Å². The predicted molar refractivity (Wildman–Crippen MR) is 108 cm³/mol. The molecule has 2 aliphatic heterocycles. The van der Waals surface area contributed by atoms with Gasteiger partial charge in [0.2, 0.25) is 5.91 Å². The van der Waals surface area contributed by atoms with Crippen LogP contribution >= 0.6 is 12.4 Å². The second kappa shape index (κ2) is 8.61. The van der Waals surface area contributed by atoms with Crippen LogP contribution in [0.1, 0.15) is 48.0 Å². The van der Waals surface area contributed by atoms with Crippen LogP contribution in [-0.2, 0) is 4.79 Å². The van der Waals surface area contributed by atoms with E-state index in [4.69, 9.17) is 0 Å². The van der Waals surface area contributed by atoms with E-state index < -0.39 is 0 Å². The van der Waals surface area contributed by atoms with Crippen molar-refractivity contribution in [1.82, 2.24) is 15.1 Å². The molecule has 1 aliphatic carbocycles. The Balaban J connectivity index is 0.00000210. The van der Waals surface area contributed by atoms with Crippen molar-refractivity contribution in [2.45, 2.75) is 51.1 Å². The lowest BCUT2D eigenvalue weighted by Gasteiger charge is -2.36. The Hall–Kier alpha value is -1.59. The highest BCUT2D eigenvalue weighted by Gasteiger charge is 2.40. The number of hydrogen-bond donors (Lipinski definition) is 1. The van der Waals surface area contributed by atoms with Gasteiger partial charge >= 0.3 is 0 Å². The second-order valence-electron chi connectivity index (χ2n) is 8.09. The summed E-state index contributed by atoms with van der Waals surface area (Å²) in [7, 11) is 0. The molecule has 4 rings (SSSR count). The first-order valence-corrected chi connectivity index (χ1v) is 10.0. The van der Waals surface area contributed by atoms with Crippen LogP contribution < -0.4 is 5.32 Å². The molecule has 0 spiro atoms. The summed E-state index contributed by atoms with van der Waals surface area (Å²) in [6, 6.07) is 8.25. The summed E-state index contributed by atoms with van der Waals surface area (Å²) in [4.78, 5) is 29.3. The summed E-state index contributed by atoms with van der Waals surface area (Å²) in [6.45, 7) is 4.55. The van der Waals surface area contributed by atoms with Crippen LogP contribution in [-0.4, -0.2) is 59.9 Å². The molecule has 2 heterocycles. The Morgan fingerprint density at radius 1 is 0.963 bits per heavy atom. The fourth-order valence-electron chi connectivity index (χ4n) is 4.74. The van der Waals surface area contributed by atoms with Crippen molar-refractivity contribution < 1.29 is 9.59 Å². The highest BCUT2D eigenvalue weighted by Crippen LogP contribution is 2.33. The third-order valence-electron chi connectivity index (χ3n) is 6.34. The number of fused-ring (bicyclic) bond motifs is 1. The average Bonchev–Trinajstić information content (AvgIpc) is 3.12. The van der Waals surface area contributed by atoms with E-state index in [-0.39, 0.29) is 30.3 Å². The van der Waals surface area contributed by atoms with Gasteiger partial charge in [0.05, 0.1) is 6.04 Å². The maximum Gasteiger partial charge on any atom is 0.253 e. The molecule has 5 nitrogen and oxygen atoms in total. The van der Waals surface area contributed by atoms with Crippen LogP contribution in [0.3, 0.4) is 0 Å². The van der Waals surface area contributed by atoms with Gasteiger partial charge in [-0.1, -0.05) is 30.5 Å². The van der Waals surface area contributed by atoms with Crippen LogP contribution in [0, 0.1) is 12.8 Å². The van der Waals surface area contributed by atoms with Crippen molar-refractivity contribution >= 4 is 24.2 Å². The number of halogens is 1. The van der Waals surface area contributed by atoms with Crippen molar-refractivity contribution in [3.63, 3.8) is 0 Å². The highest BCUT2D eigenvalue weighted by atomic mass is 35.5. The number of carbonyl (C=O) groups is 2. The zero-order valence-electron chi connectivity index (χ0n) is 16.0. The normalized spacial score (nSPS) is 27.7. The van der Waals surface area contributed by atoms with Crippen LogP contribution in [0.15, 0.2) is 24.3 Å². The minimum absolute atomic E-state index is 0. The molecule has 3 fully saturated rings. The first-order chi connectivity index (χ1) is 12.6.